The monoisotopic (exact) mass is 280 g/mol. The van der Waals surface area contributed by atoms with Gasteiger partial charge in [0.1, 0.15) is 5.60 Å². The summed E-state index contributed by atoms with van der Waals surface area (Å²) < 4.78 is 4.93. The first-order valence-electron chi connectivity index (χ1n) is 5.66. The molecule has 1 N–H and O–H groups in total. The van der Waals surface area contributed by atoms with Crippen molar-refractivity contribution in [2.75, 3.05) is 0 Å². The zero-order valence-electron chi connectivity index (χ0n) is 11.2. The largest absolute Gasteiger partial charge is 0.868 e. The molecule has 1 amide bonds. The molecule has 0 radical (unpaired) electrons. The van der Waals surface area contributed by atoms with E-state index >= 15 is 0 Å². The number of carbonyl (C=O) groups excluding carboxylic acids is 1. The Morgan fingerprint density at radius 3 is 2.65 bits per heavy atom. The minimum absolute atomic E-state index is 0.312. The number of amides is 1. The van der Waals surface area contributed by atoms with Gasteiger partial charge in [-0.1, -0.05) is 12.1 Å². The van der Waals surface area contributed by atoms with Gasteiger partial charge in [-0.15, -0.1) is 0 Å². The van der Waals surface area contributed by atoms with Crippen molar-refractivity contribution >= 4 is 18.0 Å². The molecule has 1 aromatic rings. The molecule has 1 aromatic carbocycles. The molecule has 0 saturated carbocycles. The summed E-state index contributed by atoms with van der Waals surface area (Å²) in [6.45, 7) is 5.10. The summed E-state index contributed by atoms with van der Waals surface area (Å²) in [5, 5.41) is 25.3. The van der Waals surface area contributed by atoms with Crippen LogP contribution in [0.4, 0.5) is 10.5 Å². The maximum atomic E-state index is 11.3. The number of nitrogens with zero attached hydrogens (tertiary/aromatic N) is 2. The Balaban J connectivity index is 2.70. The highest BCUT2D eigenvalue weighted by Crippen LogP contribution is 2.22. The Morgan fingerprint density at radius 2 is 2.10 bits per heavy atom. The molecule has 0 aliphatic carbocycles. The molecule has 0 saturated heterocycles. The quantitative estimate of drug-likeness (QED) is 0.511. The van der Waals surface area contributed by atoms with Gasteiger partial charge in [-0.3, -0.25) is 10.1 Å². The average molecular weight is 280 g/mol. The minimum Gasteiger partial charge on any atom is -0.868 e. The van der Waals surface area contributed by atoms with Gasteiger partial charge in [0, 0.05) is 11.6 Å². The van der Waals surface area contributed by atoms with Crippen LogP contribution < -0.4 is 10.5 Å². The summed E-state index contributed by atoms with van der Waals surface area (Å²) >= 11 is 0. The van der Waals surface area contributed by atoms with Crippen molar-refractivity contribution in [1.82, 2.24) is 5.43 Å². The van der Waals surface area contributed by atoms with E-state index in [0.717, 1.165) is 12.1 Å². The third kappa shape index (κ3) is 4.92. The Morgan fingerprint density at radius 1 is 1.45 bits per heavy atom. The lowest BCUT2D eigenvalue weighted by Gasteiger charge is -2.18. The van der Waals surface area contributed by atoms with Crippen LogP contribution in [0.5, 0.6) is 5.75 Å². The molecule has 0 aromatic heterocycles. The molecule has 0 bridgehead atoms. The molecule has 20 heavy (non-hydrogen) atoms. The summed E-state index contributed by atoms with van der Waals surface area (Å²) in [6.07, 6.45) is 0.430. The Labute approximate surface area is 115 Å². The number of hydrazone groups is 1. The summed E-state index contributed by atoms with van der Waals surface area (Å²) in [4.78, 5) is 21.1. The molecule has 1 rings (SSSR count). The molecular weight excluding hydrogens is 266 g/mol. The third-order valence-electron chi connectivity index (χ3n) is 1.95. The van der Waals surface area contributed by atoms with Gasteiger partial charge < -0.3 is 9.84 Å². The van der Waals surface area contributed by atoms with Gasteiger partial charge >= 0.3 is 6.09 Å². The van der Waals surface area contributed by atoms with E-state index in [-0.39, 0.29) is 0 Å². The third-order valence-corrected chi connectivity index (χ3v) is 1.95. The molecule has 8 nitrogen and oxygen atoms in total. The van der Waals surface area contributed by atoms with E-state index in [9.17, 15) is 20.0 Å². The second-order valence-electron chi connectivity index (χ2n) is 4.86. The van der Waals surface area contributed by atoms with Crippen molar-refractivity contribution in [2.45, 2.75) is 26.4 Å². The lowest BCUT2D eigenvalue weighted by Crippen LogP contribution is -2.29. The van der Waals surface area contributed by atoms with Crippen molar-refractivity contribution < 1.29 is 19.6 Å². The number of benzene rings is 1. The van der Waals surface area contributed by atoms with E-state index < -0.39 is 28.1 Å². The normalized spacial score (nSPS) is 11.3. The number of nitro benzene ring substituents is 1. The number of rotatable bonds is 3. The van der Waals surface area contributed by atoms with Crippen molar-refractivity contribution in [1.29, 1.82) is 0 Å². The summed E-state index contributed by atoms with van der Waals surface area (Å²) in [5.74, 6) is -0.688. The topological polar surface area (TPSA) is 117 Å². The van der Waals surface area contributed by atoms with Crippen LogP contribution in [0.2, 0.25) is 0 Å². The summed E-state index contributed by atoms with van der Waals surface area (Å²) in [6, 6.07) is 3.49. The fourth-order valence-corrected chi connectivity index (χ4v) is 1.22. The first-order valence-corrected chi connectivity index (χ1v) is 5.66. The predicted octanol–water partition coefficient (Wildman–Crippen LogP) is 1.53. The average Bonchev–Trinajstić information content (AvgIpc) is 2.28. The predicted molar refractivity (Wildman–Crippen MR) is 69.5 cm³/mol. The van der Waals surface area contributed by atoms with E-state index in [4.69, 9.17) is 4.74 Å². The standard InChI is InChI=1S/C12H15N3O5/c1-12(2,3)20-11(17)14-13-7-8-4-5-10(16)9(6-8)15(18)19/h4-7,16H,1-3H3,(H,14,17)/p-1/b13-7-. The van der Waals surface area contributed by atoms with Crippen LogP contribution in [0.1, 0.15) is 26.3 Å². The van der Waals surface area contributed by atoms with Gasteiger partial charge in [0.2, 0.25) is 0 Å². The number of hydrogen-bond donors (Lipinski definition) is 1. The van der Waals surface area contributed by atoms with Gasteiger partial charge in [-0.05, 0) is 26.5 Å². The van der Waals surface area contributed by atoms with Gasteiger partial charge in [-0.2, -0.15) is 5.10 Å². The fraction of sp³-hybridized carbons (Fsp3) is 0.333. The second-order valence-corrected chi connectivity index (χ2v) is 4.86. The molecule has 0 aliphatic heterocycles. The second kappa shape index (κ2) is 6.00. The SMILES string of the molecule is CC(C)(C)OC(=O)N/N=C\c1ccc([O-])c([N+](=O)[O-])c1. The van der Waals surface area contributed by atoms with E-state index in [2.05, 4.69) is 10.5 Å². The van der Waals surface area contributed by atoms with Crippen LogP contribution in [0, 0.1) is 10.1 Å². The number of nitrogens with one attached hydrogen (secondary N) is 1. The zero-order valence-corrected chi connectivity index (χ0v) is 11.2. The lowest BCUT2D eigenvalue weighted by atomic mass is 10.2. The molecule has 108 valence electrons. The van der Waals surface area contributed by atoms with Crippen LogP contribution in [0.25, 0.3) is 0 Å². The van der Waals surface area contributed by atoms with E-state index in [1.807, 2.05) is 0 Å². The van der Waals surface area contributed by atoms with E-state index in [1.165, 1.54) is 12.3 Å². The number of ether oxygens (including phenoxy) is 1. The molecule has 0 unspecified atom stereocenters. The summed E-state index contributed by atoms with van der Waals surface area (Å²) in [5.41, 5.74) is 1.22. The van der Waals surface area contributed by atoms with Crippen LogP contribution in [-0.4, -0.2) is 22.8 Å². The highest BCUT2D eigenvalue weighted by Gasteiger charge is 2.15. The number of nitro groups is 1. The fourth-order valence-electron chi connectivity index (χ4n) is 1.22. The van der Waals surface area contributed by atoms with Crippen molar-refractivity contribution in [3.63, 3.8) is 0 Å². The van der Waals surface area contributed by atoms with Crippen LogP contribution in [0.15, 0.2) is 23.3 Å². The molecule has 0 spiro atoms. The van der Waals surface area contributed by atoms with Crippen LogP contribution >= 0.6 is 0 Å². The number of hydrogen-bond acceptors (Lipinski definition) is 6. The number of carbonyl (C=O) groups is 1. The first-order chi connectivity index (χ1) is 9.19. The van der Waals surface area contributed by atoms with Gasteiger partial charge in [0.05, 0.1) is 11.1 Å². The molecule has 0 heterocycles. The van der Waals surface area contributed by atoms with Crippen LogP contribution in [0.3, 0.4) is 0 Å². The molecule has 8 heteroatoms. The maximum absolute atomic E-state index is 11.3. The van der Waals surface area contributed by atoms with Crippen molar-refractivity contribution in [3.8, 4) is 5.75 Å². The van der Waals surface area contributed by atoms with Crippen molar-refractivity contribution in [2.24, 2.45) is 5.10 Å². The highest BCUT2D eigenvalue weighted by atomic mass is 16.6. The maximum Gasteiger partial charge on any atom is 0.428 e. The van der Waals surface area contributed by atoms with Gasteiger partial charge in [0.15, 0.2) is 0 Å². The highest BCUT2D eigenvalue weighted by molar-refractivity contribution is 5.82. The van der Waals surface area contributed by atoms with Gasteiger partial charge in [0.25, 0.3) is 5.69 Å². The zero-order chi connectivity index (χ0) is 15.3. The Bertz CT molecular complexity index is 549. The molecule has 0 atom stereocenters. The Hall–Kier alpha value is -2.64. The first kappa shape index (κ1) is 15.4. The van der Waals surface area contributed by atoms with Crippen molar-refractivity contribution in [3.05, 3.63) is 33.9 Å². The van der Waals surface area contributed by atoms with E-state index in [1.54, 1.807) is 20.8 Å². The van der Waals surface area contributed by atoms with E-state index in [0.29, 0.717) is 5.56 Å². The Kier molecular flexibility index (Phi) is 4.63. The minimum atomic E-state index is -0.777. The van der Waals surface area contributed by atoms with Gasteiger partial charge in [-0.25, -0.2) is 10.2 Å². The summed E-state index contributed by atoms with van der Waals surface area (Å²) in [7, 11) is 0. The molecule has 0 aliphatic rings. The molecular formula is C12H14N3O5-. The van der Waals surface area contributed by atoms with Crippen LogP contribution in [-0.2, 0) is 4.74 Å². The smallest absolute Gasteiger partial charge is 0.428 e. The lowest BCUT2D eigenvalue weighted by molar-refractivity contribution is -0.398. The molecule has 0 fully saturated rings.